The molecule has 1 aliphatic heterocycles. The number of nitrogens with two attached hydrogens (primary N) is 2. The number of piperazine rings is 1. The Labute approximate surface area is 257 Å². The summed E-state index contributed by atoms with van der Waals surface area (Å²) < 4.78 is 13.3. The molecule has 6 heteroatoms. The molecule has 4 unspecified atom stereocenters. The van der Waals surface area contributed by atoms with Crippen molar-refractivity contribution in [3.63, 3.8) is 0 Å². The molecule has 0 spiro atoms. The van der Waals surface area contributed by atoms with Crippen molar-refractivity contribution >= 4 is 0 Å². The molecular weight excluding hydrogens is 508 g/mol. The zero-order valence-corrected chi connectivity index (χ0v) is 28.4. The number of rotatable bonds is 29. The van der Waals surface area contributed by atoms with Gasteiger partial charge in [0, 0.05) is 19.4 Å². The summed E-state index contributed by atoms with van der Waals surface area (Å²) in [7, 11) is 0. The standard InChI is InChI=1S/C35H75N4O2/c1-5-7-9-11-13-15-17-19-22-33(3)40-30-25-35(24-21-26-36)32-38-27-28-39(35,37)29-31-41-34(4)23-20-18-16-14-12-10-8-6-2/h33-34,38H,5-32,36-37H2,1-4H3/q+1. The topological polar surface area (TPSA) is 82.5 Å². The van der Waals surface area contributed by atoms with E-state index in [1.807, 2.05) is 0 Å². The third kappa shape index (κ3) is 17.6. The fourth-order valence-electron chi connectivity index (χ4n) is 6.69. The Bertz CT molecular complexity index is 580. The molecule has 0 aromatic heterocycles. The third-order valence-electron chi connectivity index (χ3n) is 9.72. The van der Waals surface area contributed by atoms with E-state index in [1.54, 1.807) is 0 Å². The molecule has 1 aliphatic rings. The first-order valence-corrected chi connectivity index (χ1v) is 18.2. The molecular formula is C35H75N4O2+. The van der Waals surface area contributed by atoms with Crippen molar-refractivity contribution in [2.45, 2.75) is 180 Å². The second kappa shape index (κ2) is 25.1. The maximum absolute atomic E-state index is 7.25. The van der Waals surface area contributed by atoms with Gasteiger partial charge in [-0.15, -0.1) is 0 Å². The minimum absolute atomic E-state index is 0.0415. The van der Waals surface area contributed by atoms with Crippen LogP contribution in [0.25, 0.3) is 0 Å². The first-order chi connectivity index (χ1) is 19.9. The quantitative estimate of drug-likeness (QED) is 0.0472. The largest absolute Gasteiger partial charge is 0.378 e. The summed E-state index contributed by atoms with van der Waals surface area (Å²) in [5.74, 6) is 7.25. The van der Waals surface area contributed by atoms with Gasteiger partial charge in [0.15, 0.2) is 0 Å². The van der Waals surface area contributed by atoms with E-state index in [4.69, 9.17) is 21.1 Å². The van der Waals surface area contributed by atoms with Crippen LogP contribution in [0, 0.1) is 0 Å². The van der Waals surface area contributed by atoms with E-state index < -0.39 is 0 Å². The highest BCUT2D eigenvalue weighted by Gasteiger charge is 2.50. The maximum atomic E-state index is 7.25. The van der Waals surface area contributed by atoms with Gasteiger partial charge in [-0.2, -0.15) is 5.84 Å². The van der Waals surface area contributed by atoms with Gasteiger partial charge in [0.1, 0.15) is 18.6 Å². The summed E-state index contributed by atoms with van der Waals surface area (Å²) in [5, 5.41) is 3.67. The molecule has 1 rings (SSSR count). The lowest BCUT2D eigenvalue weighted by atomic mass is 9.84. The Balaban J connectivity index is 2.41. The smallest absolute Gasteiger partial charge is 0.131 e. The van der Waals surface area contributed by atoms with E-state index >= 15 is 0 Å². The molecule has 4 atom stereocenters. The van der Waals surface area contributed by atoms with Gasteiger partial charge in [-0.3, -0.25) is 0 Å². The van der Waals surface area contributed by atoms with Crippen molar-refractivity contribution in [2.24, 2.45) is 11.6 Å². The highest BCUT2D eigenvalue weighted by Crippen LogP contribution is 2.32. The number of nitrogens with one attached hydrogen (secondary N) is 1. The first kappa shape index (κ1) is 38.8. The Morgan fingerprint density at radius 3 is 1.68 bits per heavy atom. The zero-order chi connectivity index (χ0) is 30.1. The Morgan fingerprint density at radius 2 is 1.17 bits per heavy atom. The van der Waals surface area contributed by atoms with Crippen molar-refractivity contribution in [1.82, 2.24) is 5.32 Å². The summed E-state index contributed by atoms with van der Waals surface area (Å²) in [6.45, 7) is 15.0. The molecule has 6 nitrogen and oxygen atoms in total. The molecule has 1 heterocycles. The predicted octanol–water partition coefficient (Wildman–Crippen LogP) is 8.02. The van der Waals surface area contributed by atoms with Crippen LogP contribution in [-0.4, -0.2) is 68.3 Å². The van der Waals surface area contributed by atoms with E-state index in [-0.39, 0.29) is 5.54 Å². The predicted molar refractivity (Wildman–Crippen MR) is 178 cm³/mol. The van der Waals surface area contributed by atoms with E-state index in [0.717, 1.165) is 71.5 Å². The summed E-state index contributed by atoms with van der Waals surface area (Å²) in [6.07, 6.45) is 27.8. The minimum Gasteiger partial charge on any atom is -0.378 e. The zero-order valence-electron chi connectivity index (χ0n) is 28.4. The second-order valence-electron chi connectivity index (χ2n) is 13.4. The van der Waals surface area contributed by atoms with Gasteiger partial charge in [-0.25, -0.2) is 4.59 Å². The fraction of sp³-hybridized carbons (Fsp3) is 1.00. The van der Waals surface area contributed by atoms with Crippen LogP contribution >= 0.6 is 0 Å². The van der Waals surface area contributed by atoms with E-state index in [9.17, 15) is 0 Å². The Morgan fingerprint density at radius 1 is 0.683 bits per heavy atom. The number of hydrogen-bond donors (Lipinski definition) is 3. The molecule has 0 bridgehead atoms. The van der Waals surface area contributed by atoms with Crippen molar-refractivity contribution in [2.75, 3.05) is 45.9 Å². The van der Waals surface area contributed by atoms with Crippen molar-refractivity contribution in [3.8, 4) is 0 Å². The van der Waals surface area contributed by atoms with Crippen LogP contribution in [0.1, 0.15) is 163 Å². The van der Waals surface area contributed by atoms with Crippen molar-refractivity contribution < 1.29 is 14.1 Å². The highest BCUT2D eigenvalue weighted by atomic mass is 16.5. The fourth-order valence-corrected chi connectivity index (χ4v) is 6.69. The van der Waals surface area contributed by atoms with E-state index in [0.29, 0.717) is 23.3 Å². The van der Waals surface area contributed by atoms with Crippen LogP contribution in [0.4, 0.5) is 0 Å². The van der Waals surface area contributed by atoms with Gasteiger partial charge in [0.2, 0.25) is 0 Å². The molecule has 0 aliphatic carbocycles. The molecule has 41 heavy (non-hydrogen) atoms. The van der Waals surface area contributed by atoms with Gasteiger partial charge in [-0.1, -0.05) is 117 Å². The average Bonchev–Trinajstić information content (AvgIpc) is 2.96. The summed E-state index contributed by atoms with van der Waals surface area (Å²) >= 11 is 0. The van der Waals surface area contributed by atoms with Gasteiger partial charge < -0.3 is 20.5 Å². The van der Waals surface area contributed by atoms with Crippen LogP contribution in [0.3, 0.4) is 0 Å². The molecule has 0 aromatic carbocycles. The van der Waals surface area contributed by atoms with Gasteiger partial charge in [0.25, 0.3) is 0 Å². The van der Waals surface area contributed by atoms with Crippen LogP contribution in [0.15, 0.2) is 0 Å². The Hall–Kier alpha value is -0.240. The molecule has 0 saturated carbocycles. The lowest BCUT2D eigenvalue weighted by Crippen LogP contribution is -2.77. The minimum atomic E-state index is -0.0415. The van der Waals surface area contributed by atoms with Gasteiger partial charge in [-0.05, 0) is 39.7 Å². The van der Waals surface area contributed by atoms with Crippen LogP contribution < -0.4 is 16.9 Å². The number of ether oxygens (including phenoxy) is 2. The maximum Gasteiger partial charge on any atom is 0.131 e. The molecule has 1 fully saturated rings. The Kier molecular flexibility index (Phi) is 23.8. The number of hydrogen-bond acceptors (Lipinski definition) is 5. The number of quaternary nitrogens is 1. The first-order valence-electron chi connectivity index (χ1n) is 18.2. The highest BCUT2D eigenvalue weighted by molar-refractivity contribution is 4.87. The van der Waals surface area contributed by atoms with Gasteiger partial charge >= 0.3 is 0 Å². The third-order valence-corrected chi connectivity index (χ3v) is 9.72. The van der Waals surface area contributed by atoms with E-state index in [1.165, 1.54) is 103 Å². The van der Waals surface area contributed by atoms with E-state index in [2.05, 4.69) is 33.0 Å². The van der Waals surface area contributed by atoms with Crippen molar-refractivity contribution in [3.05, 3.63) is 0 Å². The van der Waals surface area contributed by atoms with Gasteiger partial charge in [0.05, 0.1) is 32.0 Å². The molecule has 0 amide bonds. The lowest BCUT2D eigenvalue weighted by molar-refractivity contribution is -0.990. The lowest BCUT2D eigenvalue weighted by Gasteiger charge is -2.53. The van der Waals surface area contributed by atoms with Crippen LogP contribution in [0.5, 0.6) is 0 Å². The second-order valence-corrected chi connectivity index (χ2v) is 13.4. The molecule has 5 N–H and O–H groups in total. The molecule has 246 valence electrons. The monoisotopic (exact) mass is 584 g/mol. The SMILES string of the molecule is CCCCCCCCCCC(C)OCCC1(CCCN)CNCC[N+]1(N)CCOC(C)CCCCCCCCCC. The number of nitrogens with zero attached hydrogens (tertiary/aromatic N) is 1. The molecule has 0 radical (unpaired) electrons. The summed E-state index contributed by atoms with van der Waals surface area (Å²) in [5.41, 5.74) is 5.96. The summed E-state index contributed by atoms with van der Waals surface area (Å²) in [6, 6.07) is 0. The summed E-state index contributed by atoms with van der Waals surface area (Å²) in [4.78, 5) is 0. The van der Waals surface area contributed by atoms with Crippen molar-refractivity contribution in [1.29, 1.82) is 0 Å². The molecule has 1 saturated heterocycles. The molecule has 0 aromatic rings. The normalized spacial score (nSPS) is 22.7. The number of unbranched alkanes of at least 4 members (excludes halogenated alkanes) is 14. The van der Waals surface area contributed by atoms with Crippen LogP contribution in [0.2, 0.25) is 0 Å². The van der Waals surface area contributed by atoms with Crippen LogP contribution in [-0.2, 0) is 9.47 Å². The average molecular weight is 584 g/mol.